The lowest BCUT2D eigenvalue weighted by Gasteiger charge is -2.15. The summed E-state index contributed by atoms with van der Waals surface area (Å²) in [6, 6.07) is 10.8. The number of rotatable bonds is 4. The van der Waals surface area contributed by atoms with E-state index < -0.39 is 6.36 Å². The number of nitrogens with one attached hydrogen (secondary N) is 1. The third kappa shape index (κ3) is 4.56. The first-order valence-corrected chi connectivity index (χ1v) is 6.70. The van der Waals surface area contributed by atoms with E-state index in [-0.39, 0.29) is 23.7 Å². The van der Waals surface area contributed by atoms with Crippen LogP contribution in [0.5, 0.6) is 11.5 Å². The number of aromatic hydroxyl groups is 1. The Balaban J connectivity index is 2.18. The van der Waals surface area contributed by atoms with Crippen molar-refractivity contribution in [2.75, 3.05) is 5.32 Å². The van der Waals surface area contributed by atoms with E-state index in [1.807, 2.05) is 0 Å². The standard InChI is InChI=1S/C14H11BrF3NO2/c15-10-5-6-11(13(7-10)21-14(16,17)18)19-8-9-3-1-2-4-12(9)20/h1-7,19-20H,8H2. The van der Waals surface area contributed by atoms with Gasteiger partial charge in [-0.2, -0.15) is 0 Å². The predicted octanol–water partition coefficient (Wildman–Crippen LogP) is 4.67. The molecule has 0 saturated heterocycles. The smallest absolute Gasteiger partial charge is 0.508 e. The molecule has 0 aliphatic carbocycles. The normalized spacial score (nSPS) is 11.2. The number of phenols is 1. The molecule has 0 amide bonds. The molecule has 0 fully saturated rings. The van der Waals surface area contributed by atoms with E-state index in [0.29, 0.717) is 10.0 Å². The number of anilines is 1. The van der Waals surface area contributed by atoms with Crippen LogP contribution in [0.25, 0.3) is 0 Å². The van der Waals surface area contributed by atoms with Crippen LogP contribution in [0.15, 0.2) is 46.9 Å². The van der Waals surface area contributed by atoms with Crippen molar-refractivity contribution in [3.05, 3.63) is 52.5 Å². The largest absolute Gasteiger partial charge is 0.573 e. The Morgan fingerprint density at radius 3 is 2.52 bits per heavy atom. The van der Waals surface area contributed by atoms with Crippen molar-refractivity contribution in [2.45, 2.75) is 12.9 Å². The number of hydrogen-bond donors (Lipinski definition) is 2. The number of halogens is 4. The van der Waals surface area contributed by atoms with Crippen LogP contribution in [-0.4, -0.2) is 11.5 Å². The highest BCUT2D eigenvalue weighted by Gasteiger charge is 2.32. The van der Waals surface area contributed by atoms with Gasteiger partial charge in [0.1, 0.15) is 5.75 Å². The highest BCUT2D eigenvalue weighted by Crippen LogP contribution is 2.33. The van der Waals surface area contributed by atoms with Gasteiger partial charge in [0.15, 0.2) is 5.75 Å². The maximum absolute atomic E-state index is 12.4. The number of benzene rings is 2. The maximum atomic E-state index is 12.4. The molecule has 0 aromatic heterocycles. The molecule has 2 rings (SSSR count). The molecule has 7 heteroatoms. The van der Waals surface area contributed by atoms with Gasteiger partial charge in [-0.25, -0.2) is 0 Å². The van der Waals surface area contributed by atoms with Gasteiger partial charge < -0.3 is 15.2 Å². The summed E-state index contributed by atoms with van der Waals surface area (Å²) < 4.78 is 41.6. The molecule has 0 atom stereocenters. The van der Waals surface area contributed by atoms with Gasteiger partial charge in [0, 0.05) is 16.6 Å². The van der Waals surface area contributed by atoms with E-state index in [1.165, 1.54) is 18.2 Å². The van der Waals surface area contributed by atoms with Crippen LogP contribution in [0.2, 0.25) is 0 Å². The second-order valence-corrected chi connectivity index (χ2v) is 5.09. The zero-order valence-corrected chi connectivity index (χ0v) is 12.2. The van der Waals surface area contributed by atoms with E-state index >= 15 is 0 Å². The Bertz CT molecular complexity index is 632. The minimum Gasteiger partial charge on any atom is -0.508 e. The van der Waals surface area contributed by atoms with Gasteiger partial charge >= 0.3 is 6.36 Å². The van der Waals surface area contributed by atoms with Crippen molar-refractivity contribution in [1.82, 2.24) is 0 Å². The molecule has 0 aliphatic heterocycles. The zero-order valence-electron chi connectivity index (χ0n) is 10.6. The van der Waals surface area contributed by atoms with Gasteiger partial charge in [0.25, 0.3) is 0 Å². The Morgan fingerprint density at radius 1 is 1.14 bits per heavy atom. The molecule has 21 heavy (non-hydrogen) atoms. The molecule has 0 radical (unpaired) electrons. The Labute approximate surface area is 127 Å². The lowest BCUT2D eigenvalue weighted by atomic mass is 10.2. The molecular formula is C14H11BrF3NO2. The second kappa shape index (κ2) is 6.26. The fourth-order valence-electron chi connectivity index (χ4n) is 1.70. The SMILES string of the molecule is Oc1ccccc1CNc1ccc(Br)cc1OC(F)(F)F. The fraction of sp³-hybridized carbons (Fsp3) is 0.143. The van der Waals surface area contributed by atoms with Gasteiger partial charge in [-0.15, -0.1) is 13.2 Å². The predicted molar refractivity (Wildman–Crippen MR) is 76.3 cm³/mol. The molecule has 0 unspecified atom stereocenters. The molecular weight excluding hydrogens is 351 g/mol. The molecule has 0 bridgehead atoms. The third-order valence-electron chi connectivity index (χ3n) is 2.63. The van der Waals surface area contributed by atoms with Crippen LogP contribution in [0.3, 0.4) is 0 Å². The van der Waals surface area contributed by atoms with Gasteiger partial charge in [-0.05, 0) is 24.3 Å². The minimum atomic E-state index is -4.77. The molecule has 0 spiro atoms. The lowest BCUT2D eigenvalue weighted by molar-refractivity contribution is -0.274. The fourth-order valence-corrected chi connectivity index (χ4v) is 2.04. The maximum Gasteiger partial charge on any atom is 0.573 e. The van der Waals surface area contributed by atoms with Crippen molar-refractivity contribution in [3.63, 3.8) is 0 Å². The molecule has 0 saturated carbocycles. The quantitative estimate of drug-likeness (QED) is 0.831. The first-order chi connectivity index (χ1) is 9.85. The number of hydrogen-bond acceptors (Lipinski definition) is 3. The van der Waals surface area contributed by atoms with Crippen LogP contribution in [0.4, 0.5) is 18.9 Å². The molecule has 0 aliphatic rings. The molecule has 2 N–H and O–H groups in total. The average molecular weight is 362 g/mol. The first kappa shape index (κ1) is 15.5. The van der Waals surface area contributed by atoms with Crippen molar-refractivity contribution >= 4 is 21.6 Å². The molecule has 112 valence electrons. The number of alkyl halides is 3. The Hall–Kier alpha value is -1.89. The van der Waals surface area contributed by atoms with Gasteiger partial charge in [-0.1, -0.05) is 34.1 Å². The second-order valence-electron chi connectivity index (χ2n) is 4.17. The van der Waals surface area contributed by atoms with Crippen LogP contribution < -0.4 is 10.1 Å². The van der Waals surface area contributed by atoms with E-state index in [0.717, 1.165) is 0 Å². The number of para-hydroxylation sites is 1. The summed E-state index contributed by atoms with van der Waals surface area (Å²) in [5.74, 6) is -0.271. The minimum absolute atomic E-state index is 0.0698. The van der Waals surface area contributed by atoms with Crippen molar-refractivity contribution in [2.24, 2.45) is 0 Å². The summed E-state index contributed by atoms with van der Waals surface area (Å²) in [6.45, 7) is 0.169. The Morgan fingerprint density at radius 2 is 1.86 bits per heavy atom. The van der Waals surface area contributed by atoms with Crippen LogP contribution in [0, 0.1) is 0 Å². The molecule has 2 aromatic rings. The molecule has 0 heterocycles. The number of phenolic OH excluding ortho intramolecular Hbond substituents is 1. The van der Waals surface area contributed by atoms with Gasteiger partial charge in [0.05, 0.1) is 5.69 Å². The lowest BCUT2D eigenvalue weighted by Crippen LogP contribution is -2.18. The van der Waals surface area contributed by atoms with Crippen LogP contribution in [-0.2, 0) is 6.54 Å². The van der Waals surface area contributed by atoms with E-state index in [4.69, 9.17) is 0 Å². The zero-order chi connectivity index (χ0) is 15.5. The molecule has 2 aromatic carbocycles. The van der Waals surface area contributed by atoms with Crippen LogP contribution in [0.1, 0.15) is 5.56 Å². The van der Waals surface area contributed by atoms with Crippen LogP contribution >= 0.6 is 15.9 Å². The van der Waals surface area contributed by atoms with E-state index in [9.17, 15) is 18.3 Å². The first-order valence-electron chi connectivity index (χ1n) is 5.91. The van der Waals surface area contributed by atoms with Crippen molar-refractivity contribution < 1.29 is 23.0 Å². The topological polar surface area (TPSA) is 41.5 Å². The van der Waals surface area contributed by atoms with Crippen molar-refractivity contribution in [1.29, 1.82) is 0 Å². The summed E-state index contributed by atoms with van der Waals surface area (Å²) in [5.41, 5.74) is 0.747. The summed E-state index contributed by atoms with van der Waals surface area (Å²) in [7, 11) is 0. The summed E-state index contributed by atoms with van der Waals surface area (Å²) in [4.78, 5) is 0. The highest BCUT2D eigenvalue weighted by atomic mass is 79.9. The summed E-state index contributed by atoms with van der Waals surface area (Å²) in [6.07, 6.45) is -4.77. The number of ether oxygens (including phenoxy) is 1. The van der Waals surface area contributed by atoms with Gasteiger partial charge in [0.2, 0.25) is 0 Å². The monoisotopic (exact) mass is 361 g/mol. The van der Waals surface area contributed by atoms with Gasteiger partial charge in [-0.3, -0.25) is 0 Å². The summed E-state index contributed by atoms with van der Waals surface area (Å²) in [5, 5.41) is 12.4. The average Bonchev–Trinajstić information content (AvgIpc) is 2.38. The third-order valence-corrected chi connectivity index (χ3v) is 3.12. The summed E-state index contributed by atoms with van der Waals surface area (Å²) >= 11 is 3.10. The highest BCUT2D eigenvalue weighted by molar-refractivity contribution is 9.10. The van der Waals surface area contributed by atoms with E-state index in [2.05, 4.69) is 26.0 Å². The van der Waals surface area contributed by atoms with E-state index in [1.54, 1.807) is 24.3 Å². The van der Waals surface area contributed by atoms with Crippen molar-refractivity contribution in [3.8, 4) is 11.5 Å². The molecule has 3 nitrogen and oxygen atoms in total. The Kier molecular flexibility index (Phi) is 4.62.